The zero-order valence-corrected chi connectivity index (χ0v) is 8.73. The van der Waals surface area contributed by atoms with E-state index in [1.807, 2.05) is 37.3 Å². The fraction of sp³-hybridized carbons (Fsp3) is 0.417. The van der Waals surface area contributed by atoms with Gasteiger partial charge in [-0.3, -0.25) is 4.79 Å². The Morgan fingerprint density at radius 3 is 2.73 bits per heavy atom. The molecule has 1 fully saturated rings. The van der Waals surface area contributed by atoms with Gasteiger partial charge in [-0.1, -0.05) is 30.3 Å². The Labute approximate surface area is 89.1 Å². The van der Waals surface area contributed by atoms with Crippen LogP contribution in [0.25, 0.3) is 0 Å². The van der Waals surface area contributed by atoms with Gasteiger partial charge in [-0.2, -0.15) is 0 Å². The van der Waals surface area contributed by atoms with Crippen LogP contribution in [0, 0.1) is 5.92 Å². The predicted molar refractivity (Wildman–Crippen MR) is 57.5 cm³/mol. The molecule has 1 aliphatic rings. The van der Waals surface area contributed by atoms with E-state index in [2.05, 4.69) is 5.32 Å². The van der Waals surface area contributed by atoms with Crippen molar-refractivity contribution in [3.05, 3.63) is 35.9 Å². The fourth-order valence-corrected chi connectivity index (χ4v) is 2.35. The van der Waals surface area contributed by atoms with E-state index in [9.17, 15) is 9.90 Å². The number of nitrogens with one attached hydrogen (secondary N) is 1. The summed E-state index contributed by atoms with van der Waals surface area (Å²) < 4.78 is 0. The van der Waals surface area contributed by atoms with Crippen molar-refractivity contribution in [3.63, 3.8) is 0 Å². The van der Waals surface area contributed by atoms with E-state index in [1.54, 1.807) is 0 Å². The monoisotopic (exact) mass is 205 g/mol. The summed E-state index contributed by atoms with van der Waals surface area (Å²) in [4.78, 5) is 11.2. The second-order valence-corrected chi connectivity index (χ2v) is 4.17. The SMILES string of the molecule is CC1(c2ccccc2)NCCC1C(=O)O. The zero-order chi connectivity index (χ0) is 10.9. The molecule has 0 radical (unpaired) electrons. The first-order chi connectivity index (χ1) is 7.14. The molecule has 15 heavy (non-hydrogen) atoms. The highest BCUT2D eigenvalue weighted by molar-refractivity contribution is 5.72. The van der Waals surface area contributed by atoms with Gasteiger partial charge in [0, 0.05) is 0 Å². The number of carboxylic acids is 1. The molecule has 0 aliphatic carbocycles. The molecule has 2 N–H and O–H groups in total. The Morgan fingerprint density at radius 2 is 2.13 bits per heavy atom. The third-order valence-electron chi connectivity index (χ3n) is 3.29. The van der Waals surface area contributed by atoms with Crippen LogP contribution in [0.2, 0.25) is 0 Å². The number of benzene rings is 1. The highest BCUT2D eigenvalue weighted by Gasteiger charge is 2.44. The van der Waals surface area contributed by atoms with Crippen molar-refractivity contribution in [2.45, 2.75) is 18.9 Å². The number of rotatable bonds is 2. The number of aliphatic carboxylic acids is 1. The minimum atomic E-state index is -0.716. The maximum atomic E-state index is 11.2. The van der Waals surface area contributed by atoms with Crippen molar-refractivity contribution in [3.8, 4) is 0 Å². The normalized spacial score (nSPS) is 30.3. The molecule has 2 rings (SSSR count). The van der Waals surface area contributed by atoms with E-state index in [0.717, 1.165) is 12.1 Å². The number of hydrogen-bond donors (Lipinski definition) is 2. The molecule has 0 aromatic heterocycles. The highest BCUT2D eigenvalue weighted by Crippen LogP contribution is 2.35. The Hall–Kier alpha value is -1.35. The van der Waals surface area contributed by atoms with Gasteiger partial charge in [0.15, 0.2) is 0 Å². The molecule has 0 spiro atoms. The fourth-order valence-electron chi connectivity index (χ4n) is 2.35. The van der Waals surface area contributed by atoms with E-state index >= 15 is 0 Å². The molecule has 3 heteroatoms. The van der Waals surface area contributed by atoms with E-state index in [1.165, 1.54) is 0 Å². The van der Waals surface area contributed by atoms with Crippen molar-refractivity contribution in [2.75, 3.05) is 6.54 Å². The molecule has 3 nitrogen and oxygen atoms in total. The summed E-state index contributed by atoms with van der Waals surface area (Å²) in [5.74, 6) is -1.05. The maximum absolute atomic E-state index is 11.2. The summed E-state index contributed by atoms with van der Waals surface area (Å²) in [6.45, 7) is 2.73. The maximum Gasteiger partial charge on any atom is 0.308 e. The molecule has 80 valence electrons. The van der Waals surface area contributed by atoms with Crippen LogP contribution in [0.15, 0.2) is 30.3 Å². The average Bonchev–Trinajstić information content (AvgIpc) is 2.63. The van der Waals surface area contributed by atoms with Gasteiger partial charge in [-0.05, 0) is 25.5 Å². The molecule has 0 amide bonds. The minimum Gasteiger partial charge on any atom is -0.481 e. The number of carboxylic acid groups (broad SMARTS) is 1. The molecule has 2 unspecified atom stereocenters. The molecule has 1 saturated heterocycles. The minimum absolute atomic E-state index is 0.333. The van der Waals surface area contributed by atoms with Crippen molar-refractivity contribution in [1.29, 1.82) is 0 Å². The van der Waals surface area contributed by atoms with Gasteiger partial charge in [-0.25, -0.2) is 0 Å². The summed E-state index contributed by atoms with van der Waals surface area (Å²) in [7, 11) is 0. The standard InChI is InChI=1S/C12H15NO2/c1-12(9-5-3-2-4-6-9)10(11(14)15)7-8-13-12/h2-6,10,13H,7-8H2,1H3,(H,14,15). The molecule has 0 bridgehead atoms. The summed E-state index contributed by atoms with van der Waals surface area (Å²) in [6, 6.07) is 9.79. The zero-order valence-electron chi connectivity index (χ0n) is 8.73. The molecule has 2 atom stereocenters. The van der Waals surface area contributed by atoms with Crippen LogP contribution in [0.4, 0.5) is 0 Å². The van der Waals surface area contributed by atoms with Crippen LogP contribution in [-0.2, 0) is 10.3 Å². The lowest BCUT2D eigenvalue weighted by Crippen LogP contribution is -2.41. The first-order valence-electron chi connectivity index (χ1n) is 5.18. The van der Waals surface area contributed by atoms with Crippen LogP contribution in [0.3, 0.4) is 0 Å². The third-order valence-corrected chi connectivity index (χ3v) is 3.29. The van der Waals surface area contributed by atoms with E-state index in [0.29, 0.717) is 6.42 Å². The quantitative estimate of drug-likeness (QED) is 0.771. The highest BCUT2D eigenvalue weighted by atomic mass is 16.4. The third kappa shape index (κ3) is 1.63. The lowest BCUT2D eigenvalue weighted by Gasteiger charge is -2.29. The van der Waals surface area contributed by atoms with Crippen molar-refractivity contribution >= 4 is 5.97 Å². The van der Waals surface area contributed by atoms with Gasteiger partial charge in [-0.15, -0.1) is 0 Å². The number of carbonyl (C=O) groups is 1. The average molecular weight is 205 g/mol. The van der Waals surface area contributed by atoms with E-state index < -0.39 is 11.5 Å². The van der Waals surface area contributed by atoms with E-state index in [4.69, 9.17) is 0 Å². The molecular weight excluding hydrogens is 190 g/mol. The molecule has 1 aliphatic heterocycles. The van der Waals surface area contributed by atoms with Crippen LogP contribution < -0.4 is 5.32 Å². The van der Waals surface area contributed by atoms with Crippen molar-refractivity contribution in [2.24, 2.45) is 5.92 Å². The summed E-state index contributed by atoms with van der Waals surface area (Å²) >= 11 is 0. The van der Waals surface area contributed by atoms with Gasteiger partial charge >= 0.3 is 5.97 Å². The van der Waals surface area contributed by atoms with Crippen molar-refractivity contribution < 1.29 is 9.90 Å². The van der Waals surface area contributed by atoms with Gasteiger partial charge in [0.2, 0.25) is 0 Å². The first kappa shape index (κ1) is 10.2. The Balaban J connectivity index is 2.37. The largest absolute Gasteiger partial charge is 0.481 e. The van der Waals surface area contributed by atoms with Gasteiger partial charge in [0.05, 0.1) is 11.5 Å². The van der Waals surface area contributed by atoms with E-state index in [-0.39, 0.29) is 5.92 Å². The van der Waals surface area contributed by atoms with Crippen LogP contribution >= 0.6 is 0 Å². The molecule has 1 heterocycles. The Kier molecular flexibility index (Phi) is 2.49. The topological polar surface area (TPSA) is 49.3 Å². The lowest BCUT2D eigenvalue weighted by atomic mass is 9.81. The Bertz CT molecular complexity index is 363. The first-order valence-corrected chi connectivity index (χ1v) is 5.18. The summed E-state index contributed by atoms with van der Waals surface area (Å²) in [5.41, 5.74) is 0.627. The van der Waals surface area contributed by atoms with Gasteiger partial charge in [0.25, 0.3) is 0 Å². The lowest BCUT2D eigenvalue weighted by molar-refractivity contribution is -0.143. The summed E-state index contributed by atoms with van der Waals surface area (Å²) in [6.07, 6.45) is 0.695. The molecule has 0 saturated carbocycles. The second-order valence-electron chi connectivity index (χ2n) is 4.17. The summed E-state index contributed by atoms with van der Waals surface area (Å²) in [5, 5.41) is 12.5. The molecular formula is C12H15NO2. The van der Waals surface area contributed by atoms with Crippen molar-refractivity contribution in [1.82, 2.24) is 5.32 Å². The van der Waals surface area contributed by atoms with Crippen LogP contribution in [0.5, 0.6) is 0 Å². The van der Waals surface area contributed by atoms with Gasteiger partial charge < -0.3 is 10.4 Å². The smallest absolute Gasteiger partial charge is 0.308 e. The van der Waals surface area contributed by atoms with Gasteiger partial charge in [0.1, 0.15) is 0 Å². The predicted octanol–water partition coefficient (Wildman–Crippen LogP) is 1.60. The second kappa shape index (κ2) is 3.66. The van der Waals surface area contributed by atoms with Crippen LogP contribution in [0.1, 0.15) is 18.9 Å². The Morgan fingerprint density at radius 1 is 1.47 bits per heavy atom. The molecule has 1 aromatic rings. The number of hydrogen-bond acceptors (Lipinski definition) is 2. The van der Waals surface area contributed by atoms with Crippen LogP contribution in [-0.4, -0.2) is 17.6 Å². The molecule has 1 aromatic carbocycles.